The van der Waals surface area contributed by atoms with Gasteiger partial charge in [-0.3, -0.25) is 4.79 Å². The van der Waals surface area contributed by atoms with E-state index in [0.717, 1.165) is 42.7 Å². The molecule has 0 aromatic heterocycles. The van der Waals surface area contributed by atoms with E-state index in [1.54, 1.807) is 0 Å². The summed E-state index contributed by atoms with van der Waals surface area (Å²) in [5.41, 5.74) is 9.30. The molecule has 1 amide bonds. The number of nitrogens with two attached hydrogens (primary N) is 1. The van der Waals surface area contributed by atoms with Gasteiger partial charge >= 0.3 is 0 Å². The van der Waals surface area contributed by atoms with E-state index in [4.69, 9.17) is 10.5 Å². The number of nitrogens with one attached hydrogen (secondary N) is 1. The van der Waals surface area contributed by atoms with Crippen molar-refractivity contribution in [1.29, 1.82) is 0 Å². The lowest BCUT2D eigenvalue weighted by atomic mass is 9.97. The minimum atomic E-state index is -0.00546. The van der Waals surface area contributed by atoms with Crippen LogP contribution in [0.3, 0.4) is 0 Å². The van der Waals surface area contributed by atoms with Crippen molar-refractivity contribution in [1.82, 2.24) is 0 Å². The maximum Gasteiger partial charge on any atom is 0.228 e. The molecule has 2 aliphatic heterocycles. The average molecular weight is 246 g/mol. The second-order valence-corrected chi connectivity index (χ2v) is 5.12. The first-order valence-electron chi connectivity index (χ1n) is 6.52. The highest BCUT2D eigenvalue weighted by Crippen LogP contribution is 2.29. The van der Waals surface area contributed by atoms with Gasteiger partial charge in [-0.2, -0.15) is 0 Å². The second kappa shape index (κ2) is 4.71. The first kappa shape index (κ1) is 11.7. The Labute approximate surface area is 107 Å². The van der Waals surface area contributed by atoms with Crippen molar-refractivity contribution in [3.05, 3.63) is 29.3 Å². The lowest BCUT2D eigenvalue weighted by Gasteiger charge is -2.17. The number of rotatable bonds is 3. The zero-order valence-electron chi connectivity index (χ0n) is 10.3. The maximum absolute atomic E-state index is 11.3. The second-order valence-electron chi connectivity index (χ2n) is 5.12. The molecule has 0 saturated carbocycles. The Balaban J connectivity index is 1.72. The van der Waals surface area contributed by atoms with Gasteiger partial charge in [0.05, 0.1) is 12.5 Å². The van der Waals surface area contributed by atoms with Crippen LogP contribution < -0.4 is 11.1 Å². The summed E-state index contributed by atoms with van der Waals surface area (Å²) in [6.07, 6.45) is 3.88. The highest BCUT2D eigenvalue weighted by atomic mass is 16.5. The predicted molar refractivity (Wildman–Crippen MR) is 69.3 cm³/mol. The van der Waals surface area contributed by atoms with Crippen LogP contribution in [0.5, 0.6) is 0 Å². The van der Waals surface area contributed by atoms with Crippen molar-refractivity contribution in [2.75, 3.05) is 11.9 Å². The molecule has 3 N–H and O–H groups in total. The topological polar surface area (TPSA) is 64.3 Å². The van der Waals surface area contributed by atoms with Crippen molar-refractivity contribution in [3.63, 3.8) is 0 Å². The Morgan fingerprint density at radius 1 is 1.50 bits per heavy atom. The van der Waals surface area contributed by atoms with Crippen LogP contribution in [0.4, 0.5) is 5.69 Å². The van der Waals surface area contributed by atoms with Crippen LogP contribution in [-0.2, 0) is 16.0 Å². The molecule has 2 atom stereocenters. The molecule has 1 fully saturated rings. The van der Waals surface area contributed by atoms with Crippen molar-refractivity contribution < 1.29 is 9.53 Å². The summed E-state index contributed by atoms with van der Waals surface area (Å²) in [6.45, 7) is 0.861. The van der Waals surface area contributed by atoms with E-state index in [1.807, 2.05) is 18.2 Å². The monoisotopic (exact) mass is 246 g/mol. The van der Waals surface area contributed by atoms with Crippen LogP contribution in [0, 0.1) is 0 Å². The van der Waals surface area contributed by atoms with Crippen molar-refractivity contribution in [2.24, 2.45) is 5.73 Å². The van der Waals surface area contributed by atoms with E-state index >= 15 is 0 Å². The largest absolute Gasteiger partial charge is 0.378 e. The summed E-state index contributed by atoms with van der Waals surface area (Å²) >= 11 is 0. The molecule has 4 heteroatoms. The van der Waals surface area contributed by atoms with E-state index in [9.17, 15) is 4.79 Å². The molecule has 2 unspecified atom stereocenters. The number of anilines is 1. The van der Waals surface area contributed by atoms with Gasteiger partial charge in [0.2, 0.25) is 5.91 Å². The minimum absolute atomic E-state index is 0.00546. The fourth-order valence-corrected chi connectivity index (χ4v) is 2.73. The van der Waals surface area contributed by atoms with E-state index in [2.05, 4.69) is 5.32 Å². The Kier molecular flexibility index (Phi) is 3.06. The molecule has 4 nitrogen and oxygen atoms in total. The summed E-state index contributed by atoms with van der Waals surface area (Å²) in [6, 6.07) is 6.00. The predicted octanol–water partition coefficient (Wildman–Crippen LogP) is 1.75. The summed E-state index contributed by atoms with van der Waals surface area (Å²) in [4.78, 5) is 11.3. The van der Waals surface area contributed by atoms with E-state index < -0.39 is 0 Å². The number of hydrogen-bond acceptors (Lipinski definition) is 3. The summed E-state index contributed by atoms with van der Waals surface area (Å²) in [5.74, 6) is 0.0647. The zero-order valence-corrected chi connectivity index (χ0v) is 10.3. The molecule has 1 aromatic carbocycles. The number of carbonyl (C=O) groups excluding carboxylic acids is 1. The highest BCUT2D eigenvalue weighted by molar-refractivity contribution is 5.99. The Morgan fingerprint density at radius 2 is 2.39 bits per heavy atom. The van der Waals surface area contributed by atoms with Gasteiger partial charge in [-0.1, -0.05) is 12.1 Å². The first-order chi connectivity index (χ1) is 8.72. The quantitative estimate of drug-likeness (QED) is 0.854. The molecule has 3 rings (SSSR count). The fraction of sp³-hybridized carbons (Fsp3) is 0.500. The molecular weight excluding hydrogens is 228 g/mol. The average Bonchev–Trinajstić information content (AvgIpc) is 2.95. The molecule has 0 aliphatic carbocycles. The van der Waals surface area contributed by atoms with Crippen LogP contribution in [-0.4, -0.2) is 18.6 Å². The van der Waals surface area contributed by atoms with Crippen LogP contribution in [0.25, 0.3) is 0 Å². The molecule has 1 aromatic rings. The Bertz CT molecular complexity index is 467. The molecule has 0 spiro atoms. The molecule has 1 saturated heterocycles. The normalized spacial score (nSPS) is 23.8. The van der Waals surface area contributed by atoms with Gasteiger partial charge in [-0.05, 0) is 36.5 Å². The number of fused-ring (bicyclic) bond motifs is 1. The zero-order chi connectivity index (χ0) is 12.5. The van der Waals surface area contributed by atoms with Gasteiger partial charge in [0.15, 0.2) is 0 Å². The van der Waals surface area contributed by atoms with Gasteiger partial charge in [-0.25, -0.2) is 0 Å². The molecule has 0 radical (unpaired) electrons. The van der Waals surface area contributed by atoms with Gasteiger partial charge in [0.25, 0.3) is 0 Å². The lowest BCUT2D eigenvalue weighted by Crippen LogP contribution is -2.18. The van der Waals surface area contributed by atoms with Crippen LogP contribution in [0.2, 0.25) is 0 Å². The highest BCUT2D eigenvalue weighted by Gasteiger charge is 2.22. The third kappa shape index (κ3) is 2.26. The molecule has 96 valence electrons. The summed E-state index contributed by atoms with van der Waals surface area (Å²) in [7, 11) is 0. The standard InChI is InChI=1S/C14H18N2O2/c15-12(8-11-2-1-5-18-11)9-3-4-13-10(6-9)7-14(17)16-13/h3-4,6,11-12H,1-2,5,7-8,15H2,(H,16,17). The van der Waals surface area contributed by atoms with Crippen LogP contribution in [0.15, 0.2) is 18.2 Å². The number of hydrogen-bond donors (Lipinski definition) is 2. The van der Waals surface area contributed by atoms with Crippen LogP contribution in [0.1, 0.15) is 36.4 Å². The SMILES string of the molecule is NC(CC1CCCO1)c1ccc2c(c1)CC(=O)N2. The molecule has 18 heavy (non-hydrogen) atoms. The lowest BCUT2D eigenvalue weighted by molar-refractivity contribution is -0.115. The minimum Gasteiger partial charge on any atom is -0.378 e. The van der Waals surface area contributed by atoms with Gasteiger partial charge in [-0.15, -0.1) is 0 Å². The van der Waals surface area contributed by atoms with Gasteiger partial charge < -0.3 is 15.8 Å². The summed E-state index contributed by atoms with van der Waals surface area (Å²) < 4.78 is 5.61. The van der Waals surface area contributed by atoms with E-state index in [-0.39, 0.29) is 11.9 Å². The van der Waals surface area contributed by atoms with Crippen molar-refractivity contribution >= 4 is 11.6 Å². The van der Waals surface area contributed by atoms with Gasteiger partial charge in [0, 0.05) is 18.3 Å². The summed E-state index contributed by atoms with van der Waals surface area (Å²) in [5, 5.41) is 2.83. The molecule has 2 heterocycles. The number of benzene rings is 1. The Morgan fingerprint density at radius 3 is 3.17 bits per heavy atom. The van der Waals surface area contributed by atoms with Crippen molar-refractivity contribution in [3.8, 4) is 0 Å². The fourth-order valence-electron chi connectivity index (χ4n) is 2.73. The molecule has 2 aliphatic rings. The van der Waals surface area contributed by atoms with E-state index in [1.165, 1.54) is 0 Å². The first-order valence-corrected chi connectivity index (χ1v) is 6.52. The number of carbonyl (C=O) groups is 1. The third-order valence-corrected chi connectivity index (χ3v) is 3.72. The molecular formula is C14H18N2O2. The molecule has 0 bridgehead atoms. The number of ether oxygens (including phenoxy) is 1. The van der Waals surface area contributed by atoms with Crippen molar-refractivity contribution in [2.45, 2.75) is 37.8 Å². The Hall–Kier alpha value is -1.39. The van der Waals surface area contributed by atoms with E-state index in [0.29, 0.717) is 12.5 Å². The van der Waals surface area contributed by atoms with Gasteiger partial charge in [0.1, 0.15) is 0 Å². The smallest absolute Gasteiger partial charge is 0.228 e. The van der Waals surface area contributed by atoms with Crippen LogP contribution >= 0.6 is 0 Å². The third-order valence-electron chi connectivity index (χ3n) is 3.72. The number of amides is 1. The maximum atomic E-state index is 11.3.